The fraction of sp³-hybridized carbons (Fsp3) is 0.389. The van der Waals surface area contributed by atoms with Gasteiger partial charge in [0.25, 0.3) is 0 Å². The van der Waals surface area contributed by atoms with Crippen LogP contribution in [0, 0.1) is 6.92 Å². The number of fused-ring (bicyclic) bond motifs is 1. The first kappa shape index (κ1) is 27.2. The van der Waals surface area contributed by atoms with Crippen LogP contribution in [-0.4, -0.2) is 39.5 Å². The first-order valence-corrected chi connectivity index (χ1v) is 9.47. The summed E-state index contributed by atoms with van der Waals surface area (Å²) in [5.41, 5.74) is 15.7. The Morgan fingerprint density at radius 3 is 2.03 bits per heavy atom. The molecule has 0 aliphatic heterocycles. The number of halogens is 6. The second kappa shape index (κ2) is 10.2. The molecular formula is C18H19F6N3O4S. The predicted molar refractivity (Wildman–Crippen MR) is 103 cm³/mol. The van der Waals surface area contributed by atoms with Crippen molar-refractivity contribution in [2.45, 2.75) is 44.1 Å². The monoisotopic (exact) mass is 487 g/mol. The van der Waals surface area contributed by atoms with Crippen LogP contribution < -0.4 is 11.5 Å². The molecule has 1 atom stereocenters. The molecule has 1 aromatic carbocycles. The van der Waals surface area contributed by atoms with Gasteiger partial charge in [0.15, 0.2) is 5.13 Å². The number of hydrogen-bond acceptors (Lipinski definition) is 6. The minimum atomic E-state index is -5.08. The molecule has 1 aliphatic carbocycles. The molecule has 1 heterocycles. The van der Waals surface area contributed by atoms with Crippen molar-refractivity contribution < 1.29 is 46.1 Å². The second-order valence-electron chi connectivity index (χ2n) is 6.73. The van der Waals surface area contributed by atoms with Crippen molar-refractivity contribution in [3.8, 4) is 0 Å². The highest BCUT2D eigenvalue weighted by Gasteiger charge is 2.39. The molecular weight excluding hydrogens is 468 g/mol. The molecule has 1 aromatic heterocycles. The average molecular weight is 487 g/mol. The van der Waals surface area contributed by atoms with Crippen LogP contribution in [0.1, 0.15) is 28.1 Å². The Hall–Kier alpha value is -2.87. The van der Waals surface area contributed by atoms with Gasteiger partial charge in [-0.1, -0.05) is 29.8 Å². The molecule has 32 heavy (non-hydrogen) atoms. The highest BCUT2D eigenvalue weighted by Crippen LogP contribution is 2.37. The summed E-state index contributed by atoms with van der Waals surface area (Å²) in [6.07, 6.45) is -7.46. The smallest absolute Gasteiger partial charge is 0.475 e. The van der Waals surface area contributed by atoms with Crippen LogP contribution in [0.4, 0.5) is 31.5 Å². The number of rotatable bonds is 1. The van der Waals surface area contributed by atoms with E-state index in [-0.39, 0.29) is 5.54 Å². The van der Waals surface area contributed by atoms with Crippen molar-refractivity contribution in [1.82, 2.24) is 4.98 Å². The highest BCUT2D eigenvalue weighted by atomic mass is 32.1. The molecule has 1 unspecified atom stereocenters. The van der Waals surface area contributed by atoms with Gasteiger partial charge >= 0.3 is 24.3 Å². The number of aryl methyl sites for hydroxylation is 2. The molecule has 178 valence electrons. The fourth-order valence-corrected chi connectivity index (χ4v) is 3.66. The molecule has 0 bridgehead atoms. The summed E-state index contributed by atoms with van der Waals surface area (Å²) in [6, 6.07) is 8.50. The standard InChI is InChI=1S/C14H17N3S.2C2HF3O2/c1-9-3-2-4-10(7-9)14(16)6-5-11-12(8-14)18-13(15)17-11;2*3-2(4,5)1(6)7/h2-4,7H,5-6,8,16H2,1H3,(H2,15,17);2*(H,6,7). The van der Waals surface area contributed by atoms with E-state index in [4.69, 9.17) is 31.3 Å². The lowest BCUT2D eigenvalue weighted by Crippen LogP contribution is -2.41. The molecule has 14 heteroatoms. The van der Waals surface area contributed by atoms with E-state index >= 15 is 0 Å². The summed E-state index contributed by atoms with van der Waals surface area (Å²) >= 11 is 1.58. The molecule has 0 saturated carbocycles. The van der Waals surface area contributed by atoms with Crippen LogP contribution >= 0.6 is 11.3 Å². The zero-order valence-corrected chi connectivity index (χ0v) is 17.2. The lowest BCUT2D eigenvalue weighted by Gasteiger charge is -2.33. The van der Waals surface area contributed by atoms with Crippen LogP contribution in [0.5, 0.6) is 0 Å². The number of carboxylic acids is 2. The lowest BCUT2D eigenvalue weighted by molar-refractivity contribution is -0.193. The maximum Gasteiger partial charge on any atom is 0.490 e. The molecule has 0 fully saturated rings. The number of aromatic nitrogens is 1. The normalized spacial score (nSPS) is 17.8. The second-order valence-corrected chi connectivity index (χ2v) is 7.85. The van der Waals surface area contributed by atoms with E-state index in [1.54, 1.807) is 11.3 Å². The molecule has 0 amide bonds. The van der Waals surface area contributed by atoms with Crippen molar-refractivity contribution in [2.75, 3.05) is 5.73 Å². The number of thiazole rings is 1. The Morgan fingerprint density at radius 1 is 1.09 bits per heavy atom. The van der Waals surface area contributed by atoms with E-state index in [1.807, 2.05) is 0 Å². The van der Waals surface area contributed by atoms with Gasteiger partial charge in [0.05, 0.1) is 5.69 Å². The predicted octanol–water partition coefficient (Wildman–Crippen LogP) is 3.64. The Kier molecular flexibility index (Phi) is 8.63. The minimum Gasteiger partial charge on any atom is -0.475 e. The van der Waals surface area contributed by atoms with Gasteiger partial charge in [0.2, 0.25) is 0 Å². The number of benzene rings is 1. The largest absolute Gasteiger partial charge is 0.490 e. The van der Waals surface area contributed by atoms with Crippen LogP contribution in [0.3, 0.4) is 0 Å². The Balaban J connectivity index is 0.000000305. The van der Waals surface area contributed by atoms with Gasteiger partial charge in [0.1, 0.15) is 0 Å². The number of carbonyl (C=O) groups is 2. The third-order valence-corrected chi connectivity index (χ3v) is 5.08. The zero-order valence-electron chi connectivity index (χ0n) is 16.4. The van der Waals surface area contributed by atoms with E-state index in [0.29, 0.717) is 5.13 Å². The van der Waals surface area contributed by atoms with Gasteiger partial charge in [-0.2, -0.15) is 26.3 Å². The minimum absolute atomic E-state index is 0.266. The summed E-state index contributed by atoms with van der Waals surface area (Å²) in [5.74, 6) is -5.51. The Labute approximate surface area is 181 Å². The van der Waals surface area contributed by atoms with Crippen molar-refractivity contribution in [3.63, 3.8) is 0 Å². The van der Waals surface area contributed by atoms with E-state index in [0.717, 1.165) is 25.0 Å². The highest BCUT2D eigenvalue weighted by molar-refractivity contribution is 7.15. The number of nitrogen functional groups attached to an aromatic ring is 1. The van der Waals surface area contributed by atoms with Gasteiger partial charge in [-0.3, -0.25) is 0 Å². The quantitative estimate of drug-likeness (QED) is 0.450. The van der Waals surface area contributed by atoms with Crippen LogP contribution in [-0.2, 0) is 28.0 Å². The molecule has 0 spiro atoms. The summed E-state index contributed by atoms with van der Waals surface area (Å²) in [5, 5.41) is 14.9. The number of carboxylic acid groups (broad SMARTS) is 2. The number of nitrogens with zero attached hydrogens (tertiary/aromatic N) is 1. The van der Waals surface area contributed by atoms with Crippen molar-refractivity contribution >= 4 is 28.4 Å². The molecule has 0 saturated heterocycles. The molecule has 6 N–H and O–H groups in total. The first-order chi connectivity index (χ1) is 14.5. The first-order valence-electron chi connectivity index (χ1n) is 8.66. The van der Waals surface area contributed by atoms with E-state index < -0.39 is 24.3 Å². The maximum absolute atomic E-state index is 10.6. The number of aliphatic carboxylic acids is 2. The van der Waals surface area contributed by atoms with E-state index in [2.05, 4.69) is 36.2 Å². The summed E-state index contributed by atoms with van der Waals surface area (Å²) in [4.78, 5) is 23.4. The van der Waals surface area contributed by atoms with Gasteiger partial charge < -0.3 is 21.7 Å². The number of anilines is 1. The third-order valence-electron chi connectivity index (χ3n) is 4.16. The Morgan fingerprint density at radius 2 is 1.59 bits per heavy atom. The molecule has 1 aliphatic rings. The maximum atomic E-state index is 10.6. The van der Waals surface area contributed by atoms with Crippen molar-refractivity contribution in [2.24, 2.45) is 5.73 Å². The number of nitrogens with two attached hydrogens (primary N) is 2. The number of alkyl halides is 6. The fourth-order valence-electron chi connectivity index (χ4n) is 2.65. The lowest BCUT2D eigenvalue weighted by atomic mass is 9.78. The average Bonchev–Trinajstić information content (AvgIpc) is 3.00. The Bertz CT molecular complexity index is 937. The van der Waals surface area contributed by atoms with Crippen LogP contribution in [0.15, 0.2) is 24.3 Å². The topological polar surface area (TPSA) is 140 Å². The van der Waals surface area contributed by atoms with Crippen molar-refractivity contribution in [3.05, 3.63) is 46.0 Å². The van der Waals surface area contributed by atoms with Gasteiger partial charge in [-0.15, -0.1) is 11.3 Å². The molecule has 7 nitrogen and oxygen atoms in total. The summed E-state index contributed by atoms with van der Waals surface area (Å²) in [7, 11) is 0. The zero-order chi connectivity index (χ0) is 24.9. The van der Waals surface area contributed by atoms with Crippen LogP contribution in [0.25, 0.3) is 0 Å². The van der Waals surface area contributed by atoms with Gasteiger partial charge in [-0.05, 0) is 25.3 Å². The van der Waals surface area contributed by atoms with E-state index in [1.165, 1.54) is 16.0 Å². The van der Waals surface area contributed by atoms with Crippen molar-refractivity contribution in [1.29, 1.82) is 0 Å². The molecule has 2 aromatic rings. The number of hydrogen-bond donors (Lipinski definition) is 4. The van der Waals surface area contributed by atoms with Crippen LogP contribution in [0.2, 0.25) is 0 Å². The van der Waals surface area contributed by atoms with Gasteiger partial charge in [-0.25, -0.2) is 14.6 Å². The summed E-state index contributed by atoms with van der Waals surface area (Å²) < 4.78 is 63.5. The summed E-state index contributed by atoms with van der Waals surface area (Å²) in [6.45, 7) is 2.10. The molecule has 0 radical (unpaired) electrons. The SMILES string of the molecule is Cc1cccc(C2(N)CCc3nc(N)sc3C2)c1.O=C(O)C(F)(F)F.O=C(O)C(F)(F)F. The van der Waals surface area contributed by atoms with E-state index in [9.17, 15) is 26.3 Å². The third kappa shape index (κ3) is 8.00. The van der Waals surface area contributed by atoms with Gasteiger partial charge in [0, 0.05) is 16.8 Å². The molecule has 3 rings (SSSR count).